The molecule has 1 unspecified atom stereocenters. The normalized spacial score (nSPS) is 12.2. The highest BCUT2D eigenvalue weighted by Gasteiger charge is 2.10. The summed E-state index contributed by atoms with van der Waals surface area (Å²) in [5.74, 6) is -0.125. The lowest BCUT2D eigenvalue weighted by atomic mass is 10.1. The van der Waals surface area contributed by atoms with Crippen molar-refractivity contribution in [2.24, 2.45) is 0 Å². The van der Waals surface area contributed by atoms with Crippen molar-refractivity contribution in [1.29, 1.82) is 0 Å². The lowest BCUT2D eigenvalue weighted by Crippen LogP contribution is -2.35. The summed E-state index contributed by atoms with van der Waals surface area (Å²) in [6.45, 7) is 4.29. The van der Waals surface area contributed by atoms with Crippen molar-refractivity contribution >= 4 is 11.6 Å². The fraction of sp³-hybridized carbons (Fsp3) is 0.417. The molecule has 0 fully saturated rings. The minimum Gasteiger partial charge on any atom is -0.399 e. The predicted octanol–water partition coefficient (Wildman–Crippen LogP) is 1.34. The summed E-state index contributed by atoms with van der Waals surface area (Å²) < 4.78 is 4.95. The molecule has 1 rings (SSSR count). The van der Waals surface area contributed by atoms with Gasteiger partial charge in [-0.2, -0.15) is 0 Å². The van der Waals surface area contributed by atoms with Crippen molar-refractivity contribution in [1.82, 2.24) is 5.32 Å². The summed E-state index contributed by atoms with van der Waals surface area (Å²) in [4.78, 5) is 11.8. The van der Waals surface area contributed by atoms with E-state index in [1.165, 1.54) is 0 Å². The molecule has 16 heavy (non-hydrogen) atoms. The second-order valence-electron chi connectivity index (χ2n) is 3.96. The van der Waals surface area contributed by atoms with Gasteiger partial charge in [-0.05, 0) is 37.6 Å². The molecule has 0 heterocycles. The van der Waals surface area contributed by atoms with Crippen LogP contribution in [-0.4, -0.2) is 25.7 Å². The van der Waals surface area contributed by atoms with Crippen LogP contribution in [0.25, 0.3) is 0 Å². The SMILES string of the molecule is COCC(C)NC(=O)c1cc(C)cc(N)c1. The summed E-state index contributed by atoms with van der Waals surface area (Å²) in [5, 5.41) is 2.83. The van der Waals surface area contributed by atoms with Crippen LogP contribution in [0.2, 0.25) is 0 Å². The van der Waals surface area contributed by atoms with E-state index in [1.807, 2.05) is 26.0 Å². The molecule has 88 valence electrons. The van der Waals surface area contributed by atoms with Gasteiger partial charge in [0.15, 0.2) is 0 Å². The van der Waals surface area contributed by atoms with Gasteiger partial charge < -0.3 is 15.8 Å². The quantitative estimate of drug-likeness (QED) is 0.756. The molecular formula is C12H18N2O2. The van der Waals surface area contributed by atoms with Gasteiger partial charge in [-0.15, -0.1) is 0 Å². The molecule has 3 N–H and O–H groups in total. The van der Waals surface area contributed by atoms with Crippen molar-refractivity contribution in [2.45, 2.75) is 19.9 Å². The number of nitrogens with two attached hydrogens (primary N) is 1. The van der Waals surface area contributed by atoms with Crippen molar-refractivity contribution in [3.05, 3.63) is 29.3 Å². The fourth-order valence-corrected chi connectivity index (χ4v) is 1.54. The molecule has 0 aromatic heterocycles. The van der Waals surface area contributed by atoms with E-state index in [2.05, 4.69) is 5.32 Å². The molecule has 0 aliphatic heterocycles. The van der Waals surface area contributed by atoms with Crippen LogP contribution >= 0.6 is 0 Å². The molecular weight excluding hydrogens is 204 g/mol. The highest BCUT2D eigenvalue weighted by molar-refractivity contribution is 5.95. The Kier molecular flexibility index (Phi) is 4.31. The number of rotatable bonds is 4. The number of nitrogens with one attached hydrogen (secondary N) is 1. The molecule has 0 spiro atoms. The van der Waals surface area contributed by atoms with Gasteiger partial charge in [0.2, 0.25) is 0 Å². The minimum atomic E-state index is -0.125. The lowest BCUT2D eigenvalue weighted by Gasteiger charge is -2.13. The van der Waals surface area contributed by atoms with Gasteiger partial charge in [0.25, 0.3) is 5.91 Å². The Hall–Kier alpha value is -1.55. The maximum Gasteiger partial charge on any atom is 0.251 e. The van der Waals surface area contributed by atoms with E-state index in [0.717, 1.165) is 5.56 Å². The van der Waals surface area contributed by atoms with E-state index in [0.29, 0.717) is 17.9 Å². The highest BCUT2D eigenvalue weighted by Crippen LogP contribution is 2.11. The van der Waals surface area contributed by atoms with Gasteiger partial charge in [0, 0.05) is 24.4 Å². The standard InChI is InChI=1S/C12H18N2O2/c1-8-4-10(6-11(13)5-8)12(15)14-9(2)7-16-3/h4-6,9H,7,13H2,1-3H3,(H,14,15). The van der Waals surface area contributed by atoms with E-state index in [9.17, 15) is 4.79 Å². The number of benzene rings is 1. The van der Waals surface area contributed by atoms with E-state index >= 15 is 0 Å². The number of hydrogen-bond donors (Lipinski definition) is 2. The maximum atomic E-state index is 11.8. The molecule has 0 bridgehead atoms. The lowest BCUT2D eigenvalue weighted by molar-refractivity contribution is 0.0905. The van der Waals surface area contributed by atoms with Crippen molar-refractivity contribution in [3.63, 3.8) is 0 Å². The number of hydrogen-bond acceptors (Lipinski definition) is 3. The highest BCUT2D eigenvalue weighted by atomic mass is 16.5. The zero-order valence-electron chi connectivity index (χ0n) is 9.91. The van der Waals surface area contributed by atoms with E-state index in [4.69, 9.17) is 10.5 Å². The Morgan fingerprint density at radius 1 is 1.50 bits per heavy atom. The number of anilines is 1. The predicted molar refractivity (Wildman–Crippen MR) is 64.4 cm³/mol. The first kappa shape index (κ1) is 12.5. The first-order chi connectivity index (χ1) is 7.52. The van der Waals surface area contributed by atoms with Gasteiger partial charge in [0.1, 0.15) is 0 Å². The summed E-state index contributed by atoms with van der Waals surface area (Å²) in [6.07, 6.45) is 0. The number of carbonyl (C=O) groups is 1. The van der Waals surface area contributed by atoms with Crippen LogP contribution in [-0.2, 0) is 4.74 Å². The zero-order chi connectivity index (χ0) is 12.1. The minimum absolute atomic E-state index is 0.0146. The molecule has 0 radical (unpaired) electrons. The summed E-state index contributed by atoms with van der Waals surface area (Å²) in [6, 6.07) is 5.29. The van der Waals surface area contributed by atoms with Crippen molar-refractivity contribution < 1.29 is 9.53 Å². The monoisotopic (exact) mass is 222 g/mol. The molecule has 0 aliphatic rings. The first-order valence-corrected chi connectivity index (χ1v) is 5.20. The van der Waals surface area contributed by atoms with Crippen LogP contribution in [0.4, 0.5) is 5.69 Å². The molecule has 0 saturated heterocycles. The Morgan fingerprint density at radius 3 is 2.75 bits per heavy atom. The molecule has 1 aromatic rings. The average molecular weight is 222 g/mol. The second-order valence-corrected chi connectivity index (χ2v) is 3.96. The fourth-order valence-electron chi connectivity index (χ4n) is 1.54. The van der Waals surface area contributed by atoms with Crippen LogP contribution in [0, 0.1) is 6.92 Å². The first-order valence-electron chi connectivity index (χ1n) is 5.20. The van der Waals surface area contributed by atoms with E-state index in [1.54, 1.807) is 13.2 Å². The Labute approximate surface area is 95.8 Å². The van der Waals surface area contributed by atoms with Crippen LogP contribution < -0.4 is 11.1 Å². The molecule has 0 saturated carbocycles. The van der Waals surface area contributed by atoms with Crippen LogP contribution in [0.15, 0.2) is 18.2 Å². The largest absolute Gasteiger partial charge is 0.399 e. The van der Waals surface area contributed by atoms with Crippen molar-refractivity contribution in [3.8, 4) is 0 Å². The number of amides is 1. The third-order valence-corrected chi connectivity index (χ3v) is 2.16. The number of carbonyl (C=O) groups excluding carboxylic acids is 1. The number of aryl methyl sites for hydroxylation is 1. The maximum absolute atomic E-state index is 11.8. The van der Waals surface area contributed by atoms with Crippen molar-refractivity contribution in [2.75, 3.05) is 19.5 Å². The summed E-state index contributed by atoms with van der Waals surface area (Å²) in [5.41, 5.74) is 7.84. The van der Waals surface area contributed by atoms with Gasteiger partial charge >= 0.3 is 0 Å². The Balaban J connectivity index is 2.72. The van der Waals surface area contributed by atoms with Crippen LogP contribution in [0.3, 0.4) is 0 Å². The van der Waals surface area contributed by atoms with Crippen LogP contribution in [0.1, 0.15) is 22.8 Å². The third kappa shape index (κ3) is 3.55. The number of nitrogen functional groups attached to an aromatic ring is 1. The molecule has 4 nitrogen and oxygen atoms in total. The van der Waals surface area contributed by atoms with Gasteiger partial charge in [-0.3, -0.25) is 4.79 Å². The Bertz CT molecular complexity index is 357. The Morgan fingerprint density at radius 2 is 2.19 bits per heavy atom. The number of ether oxygens (including phenoxy) is 1. The molecule has 1 atom stereocenters. The molecule has 1 aromatic carbocycles. The van der Waals surface area contributed by atoms with Crippen LogP contribution in [0.5, 0.6) is 0 Å². The second kappa shape index (κ2) is 5.51. The smallest absolute Gasteiger partial charge is 0.251 e. The summed E-state index contributed by atoms with van der Waals surface area (Å²) >= 11 is 0. The molecule has 4 heteroatoms. The summed E-state index contributed by atoms with van der Waals surface area (Å²) in [7, 11) is 1.60. The zero-order valence-corrected chi connectivity index (χ0v) is 9.91. The average Bonchev–Trinajstić information content (AvgIpc) is 2.16. The molecule has 0 aliphatic carbocycles. The third-order valence-electron chi connectivity index (χ3n) is 2.16. The van der Waals surface area contributed by atoms with E-state index in [-0.39, 0.29) is 11.9 Å². The van der Waals surface area contributed by atoms with Gasteiger partial charge in [-0.1, -0.05) is 0 Å². The van der Waals surface area contributed by atoms with Gasteiger partial charge in [0.05, 0.1) is 6.61 Å². The molecule has 1 amide bonds. The number of methoxy groups -OCH3 is 1. The van der Waals surface area contributed by atoms with Gasteiger partial charge in [-0.25, -0.2) is 0 Å². The topological polar surface area (TPSA) is 64.3 Å². The van der Waals surface area contributed by atoms with E-state index < -0.39 is 0 Å².